The third-order valence-electron chi connectivity index (χ3n) is 3.04. The van der Waals surface area contributed by atoms with E-state index < -0.39 is 0 Å². The number of phenolic OH excluding ortho intramolecular Hbond substituents is 1. The van der Waals surface area contributed by atoms with Gasteiger partial charge in [0.15, 0.2) is 11.5 Å². The Morgan fingerprint density at radius 2 is 2.15 bits per heavy atom. The van der Waals surface area contributed by atoms with Gasteiger partial charge in [0.25, 0.3) is 5.56 Å². The summed E-state index contributed by atoms with van der Waals surface area (Å²) in [7, 11) is 1.46. The van der Waals surface area contributed by atoms with Gasteiger partial charge in [-0.15, -0.1) is 0 Å². The van der Waals surface area contributed by atoms with E-state index in [0.717, 1.165) is 0 Å². The van der Waals surface area contributed by atoms with E-state index in [4.69, 9.17) is 9.84 Å². The van der Waals surface area contributed by atoms with Gasteiger partial charge in [-0.05, 0) is 25.1 Å². The molecular formula is C14H16N2O4. The molecule has 0 saturated heterocycles. The highest BCUT2D eigenvalue weighted by Gasteiger charge is 2.11. The van der Waals surface area contributed by atoms with E-state index in [-0.39, 0.29) is 24.3 Å². The van der Waals surface area contributed by atoms with Gasteiger partial charge in [-0.2, -0.15) is 0 Å². The van der Waals surface area contributed by atoms with Crippen LogP contribution in [0.1, 0.15) is 11.3 Å². The first-order valence-electron chi connectivity index (χ1n) is 6.15. The lowest BCUT2D eigenvalue weighted by atomic mass is 10.1. The minimum absolute atomic E-state index is 0.0234. The molecule has 2 rings (SSSR count). The molecule has 1 aromatic heterocycles. The average molecular weight is 276 g/mol. The van der Waals surface area contributed by atoms with E-state index in [1.165, 1.54) is 13.2 Å². The number of methoxy groups -OCH3 is 1. The number of H-pyrrole nitrogens is 1. The van der Waals surface area contributed by atoms with Crippen LogP contribution in [-0.4, -0.2) is 33.9 Å². The molecule has 2 aromatic rings. The van der Waals surface area contributed by atoms with Crippen molar-refractivity contribution in [3.8, 4) is 22.9 Å². The van der Waals surface area contributed by atoms with Gasteiger partial charge in [0.1, 0.15) is 5.82 Å². The quantitative estimate of drug-likeness (QED) is 0.774. The Bertz CT molecular complexity index is 679. The van der Waals surface area contributed by atoms with Crippen LogP contribution in [0.15, 0.2) is 23.0 Å². The van der Waals surface area contributed by atoms with Crippen molar-refractivity contribution < 1.29 is 14.9 Å². The number of aromatic amines is 1. The van der Waals surface area contributed by atoms with Crippen molar-refractivity contribution in [2.24, 2.45) is 0 Å². The number of nitrogens with zero attached hydrogens (tertiary/aromatic N) is 1. The molecule has 0 saturated carbocycles. The molecule has 106 valence electrons. The van der Waals surface area contributed by atoms with E-state index in [2.05, 4.69) is 9.97 Å². The maximum atomic E-state index is 11.9. The van der Waals surface area contributed by atoms with Gasteiger partial charge in [-0.1, -0.05) is 0 Å². The minimum Gasteiger partial charge on any atom is -0.504 e. The Morgan fingerprint density at radius 3 is 2.70 bits per heavy atom. The van der Waals surface area contributed by atoms with Crippen LogP contribution in [0.3, 0.4) is 0 Å². The predicted octanol–water partition coefficient (Wildman–Crippen LogP) is 0.994. The number of aryl methyl sites for hydroxylation is 1. The SMILES string of the molecule is COc1ccc(-c2nc(C)c(CCO)c(=O)[nH]2)cc1O. The van der Waals surface area contributed by atoms with Crippen molar-refractivity contribution in [2.45, 2.75) is 13.3 Å². The standard InChI is InChI=1S/C14H16N2O4/c1-8-10(5-6-17)14(19)16-13(15-8)9-3-4-12(20-2)11(18)7-9/h3-4,7,17-18H,5-6H2,1-2H3,(H,15,16,19). The van der Waals surface area contributed by atoms with Crippen LogP contribution in [0.5, 0.6) is 11.5 Å². The van der Waals surface area contributed by atoms with Crippen LogP contribution in [0.4, 0.5) is 0 Å². The van der Waals surface area contributed by atoms with Crippen LogP contribution in [-0.2, 0) is 6.42 Å². The van der Waals surface area contributed by atoms with Crippen LogP contribution < -0.4 is 10.3 Å². The van der Waals surface area contributed by atoms with Gasteiger partial charge in [0, 0.05) is 29.8 Å². The molecule has 6 heteroatoms. The number of aliphatic hydroxyl groups is 1. The minimum atomic E-state index is -0.281. The fourth-order valence-corrected chi connectivity index (χ4v) is 1.99. The zero-order valence-electron chi connectivity index (χ0n) is 11.3. The molecule has 0 atom stereocenters. The second-order valence-corrected chi connectivity index (χ2v) is 4.34. The van der Waals surface area contributed by atoms with Crippen LogP contribution in [0.25, 0.3) is 11.4 Å². The maximum Gasteiger partial charge on any atom is 0.254 e. The van der Waals surface area contributed by atoms with Gasteiger partial charge in [-0.3, -0.25) is 4.79 Å². The number of aliphatic hydroxyl groups excluding tert-OH is 1. The normalized spacial score (nSPS) is 10.6. The van der Waals surface area contributed by atoms with Crippen molar-refractivity contribution in [3.05, 3.63) is 39.8 Å². The zero-order chi connectivity index (χ0) is 14.7. The Labute approximate surface area is 115 Å². The monoisotopic (exact) mass is 276 g/mol. The zero-order valence-corrected chi connectivity index (χ0v) is 11.3. The lowest BCUT2D eigenvalue weighted by Gasteiger charge is -2.08. The highest BCUT2D eigenvalue weighted by molar-refractivity contribution is 5.60. The summed E-state index contributed by atoms with van der Waals surface area (Å²) >= 11 is 0. The predicted molar refractivity (Wildman–Crippen MR) is 74.0 cm³/mol. The summed E-state index contributed by atoms with van der Waals surface area (Å²) in [5.41, 5.74) is 1.33. The highest BCUT2D eigenvalue weighted by atomic mass is 16.5. The summed E-state index contributed by atoms with van der Waals surface area (Å²) in [5, 5.41) is 18.7. The van der Waals surface area contributed by atoms with Gasteiger partial charge in [0.05, 0.1) is 7.11 Å². The number of ether oxygens (including phenoxy) is 1. The number of hydrogen-bond donors (Lipinski definition) is 3. The van der Waals surface area contributed by atoms with E-state index in [1.54, 1.807) is 19.1 Å². The van der Waals surface area contributed by atoms with Gasteiger partial charge in [0.2, 0.25) is 0 Å². The van der Waals surface area contributed by atoms with Crippen molar-refractivity contribution in [2.75, 3.05) is 13.7 Å². The summed E-state index contributed by atoms with van der Waals surface area (Å²) in [4.78, 5) is 18.9. The summed E-state index contributed by atoms with van der Waals surface area (Å²) < 4.78 is 4.96. The number of benzene rings is 1. The molecule has 0 amide bonds. The molecule has 20 heavy (non-hydrogen) atoms. The molecule has 1 heterocycles. The van der Waals surface area contributed by atoms with Crippen molar-refractivity contribution in [1.82, 2.24) is 9.97 Å². The smallest absolute Gasteiger partial charge is 0.254 e. The lowest BCUT2D eigenvalue weighted by Crippen LogP contribution is -2.18. The van der Waals surface area contributed by atoms with Crippen LogP contribution >= 0.6 is 0 Å². The molecule has 1 aromatic carbocycles. The number of nitrogens with one attached hydrogen (secondary N) is 1. The number of aromatic hydroxyl groups is 1. The molecule has 0 aliphatic carbocycles. The second-order valence-electron chi connectivity index (χ2n) is 4.34. The van der Waals surface area contributed by atoms with Gasteiger partial charge in [-0.25, -0.2) is 4.98 Å². The molecule has 0 radical (unpaired) electrons. The summed E-state index contributed by atoms with van der Waals surface area (Å²) in [5.74, 6) is 0.696. The van der Waals surface area contributed by atoms with E-state index >= 15 is 0 Å². The van der Waals surface area contributed by atoms with Crippen molar-refractivity contribution in [1.29, 1.82) is 0 Å². The molecule has 0 unspecified atom stereocenters. The fraction of sp³-hybridized carbons (Fsp3) is 0.286. The largest absolute Gasteiger partial charge is 0.504 e. The molecule has 0 aliphatic rings. The number of aromatic nitrogens is 2. The highest BCUT2D eigenvalue weighted by Crippen LogP contribution is 2.29. The van der Waals surface area contributed by atoms with E-state index in [0.29, 0.717) is 28.4 Å². The lowest BCUT2D eigenvalue weighted by molar-refractivity contribution is 0.298. The number of phenols is 1. The second kappa shape index (κ2) is 5.75. The van der Waals surface area contributed by atoms with Gasteiger partial charge < -0.3 is 19.9 Å². The molecule has 0 aliphatic heterocycles. The molecule has 0 spiro atoms. The summed E-state index contributed by atoms with van der Waals surface area (Å²) in [6.45, 7) is 1.61. The summed E-state index contributed by atoms with van der Waals surface area (Å²) in [6.07, 6.45) is 0.266. The first kappa shape index (κ1) is 14.1. The molecule has 6 nitrogen and oxygen atoms in total. The molecular weight excluding hydrogens is 260 g/mol. The Morgan fingerprint density at radius 1 is 1.40 bits per heavy atom. The van der Waals surface area contributed by atoms with Crippen molar-refractivity contribution >= 4 is 0 Å². The first-order chi connectivity index (χ1) is 9.56. The third-order valence-corrected chi connectivity index (χ3v) is 3.04. The average Bonchev–Trinajstić information content (AvgIpc) is 2.42. The molecule has 0 fully saturated rings. The molecule has 3 N–H and O–H groups in total. The fourth-order valence-electron chi connectivity index (χ4n) is 1.99. The topological polar surface area (TPSA) is 95.4 Å². The number of rotatable bonds is 4. The number of hydrogen-bond acceptors (Lipinski definition) is 5. The van der Waals surface area contributed by atoms with Crippen molar-refractivity contribution in [3.63, 3.8) is 0 Å². The summed E-state index contributed by atoms with van der Waals surface area (Å²) in [6, 6.07) is 4.77. The van der Waals surface area contributed by atoms with E-state index in [1.807, 2.05) is 0 Å². The first-order valence-corrected chi connectivity index (χ1v) is 6.15. The van der Waals surface area contributed by atoms with Crippen LogP contribution in [0.2, 0.25) is 0 Å². The van der Waals surface area contributed by atoms with Gasteiger partial charge >= 0.3 is 0 Å². The molecule has 0 bridgehead atoms. The van der Waals surface area contributed by atoms with Crippen LogP contribution in [0, 0.1) is 6.92 Å². The maximum absolute atomic E-state index is 11.9. The third kappa shape index (κ3) is 2.65. The van der Waals surface area contributed by atoms with E-state index in [9.17, 15) is 9.90 Å². The Balaban J connectivity index is 2.48. The Kier molecular flexibility index (Phi) is 4.05. The Hall–Kier alpha value is -2.34.